The van der Waals surface area contributed by atoms with E-state index in [-0.39, 0.29) is 12.1 Å². The molecule has 1 aliphatic carbocycles. The number of aromatic nitrogens is 2. The standard InChI is InChI=1S/C16H27N3O/c1-12-7-8-16(20-12)15(17)11-13-9-10-19(18-13)14-5-3-2-4-6-14/h9-10,12,14-16H,2-8,11,17H2,1H3. The molecule has 0 radical (unpaired) electrons. The van der Waals surface area contributed by atoms with Gasteiger partial charge in [0.15, 0.2) is 0 Å². The smallest absolute Gasteiger partial charge is 0.0734 e. The van der Waals surface area contributed by atoms with Crippen molar-refractivity contribution in [2.45, 2.75) is 82.6 Å². The van der Waals surface area contributed by atoms with Gasteiger partial charge in [0.05, 0.1) is 23.9 Å². The predicted molar refractivity (Wildman–Crippen MR) is 79.6 cm³/mol. The molecule has 3 atom stereocenters. The Morgan fingerprint density at radius 3 is 2.80 bits per heavy atom. The second-order valence-corrected chi connectivity index (χ2v) is 6.51. The van der Waals surface area contributed by atoms with Crippen molar-refractivity contribution >= 4 is 0 Å². The van der Waals surface area contributed by atoms with Gasteiger partial charge in [-0.05, 0) is 38.7 Å². The minimum absolute atomic E-state index is 0.0784. The second kappa shape index (κ2) is 6.27. The van der Waals surface area contributed by atoms with Gasteiger partial charge in [-0.3, -0.25) is 4.68 Å². The fraction of sp³-hybridized carbons (Fsp3) is 0.812. The van der Waals surface area contributed by atoms with Gasteiger partial charge in [-0.1, -0.05) is 19.3 Å². The van der Waals surface area contributed by atoms with E-state index in [2.05, 4.69) is 23.9 Å². The highest BCUT2D eigenvalue weighted by Crippen LogP contribution is 2.28. The zero-order chi connectivity index (χ0) is 13.9. The number of hydrogen-bond donors (Lipinski definition) is 1. The fourth-order valence-corrected chi connectivity index (χ4v) is 3.56. The van der Waals surface area contributed by atoms with Crippen LogP contribution < -0.4 is 5.73 Å². The molecule has 1 saturated carbocycles. The van der Waals surface area contributed by atoms with Gasteiger partial charge in [-0.15, -0.1) is 0 Å². The summed E-state index contributed by atoms with van der Waals surface area (Å²) in [6, 6.07) is 2.82. The summed E-state index contributed by atoms with van der Waals surface area (Å²) < 4.78 is 8.02. The van der Waals surface area contributed by atoms with Crippen molar-refractivity contribution in [3.05, 3.63) is 18.0 Å². The monoisotopic (exact) mass is 277 g/mol. The molecule has 0 spiro atoms. The Balaban J connectivity index is 1.56. The van der Waals surface area contributed by atoms with Gasteiger partial charge in [0.25, 0.3) is 0 Å². The molecule has 2 fully saturated rings. The van der Waals surface area contributed by atoms with Gasteiger partial charge in [0.2, 0.25) is 0 Å². The van der Waals surface area contributed by atoms with Crippen molar-refractivity contribution in [2.75, 3.05) is 0 Å². The van der Waals surface area contributed by atoms with Crippen LogP contribution in [0.2, 0.25) is 0 Å². The van der Waals surface area contributed by atoms with Crippen molar-refractivity contribution in [3.63, 3.8) is 0 Å². The first-order valence-electron chi connectivity index (χ1n) is 8.17. The van der Waals surface area contributed by atoms with Gasteiger partial charge in [0.1, 0.15) is 0 Å². The lowest BCUT2D eigenvalue weighted by Crippen LogP contribution is -2.36. The zero-order valence-corrected chi connectivity index (χ0v) is 12.5. The van der Waals surface area contributed by atoms with E-state index in [9.17, 15) is 0 Å². The lowest BCUT2D eigenvalue weighted by Gasteiger charge is -2.22. The third-order valence-corrected chi connectivity index (χ3v) is 4.80. The summed E-state index contributed by atoms with van der Waals surface area (Å²) in [6.07, 6.45) is 12.4. The molecule has 2 heterocycles. The summed E-state index contributed by atoms with van der Waals surface area (Å²) >= 11 is 0. The van der Waals surface area contributed by atoms with E-state index < -0.39 is 0 Å². The Bertz CT molecular complexity index is 425. The van der Waals surface area contributed by atoms with E-state index in [1.54, 1.807) is 0 Å². The molecule has 112 valence electrons. The third-order valence-electron chi connectivity index (χ3n) is 4.80. The molecule has 3 rings (SSSR count). The molecule has 3 unspecified atom stereocenters. The van der Waals surface area contributed by atoms with E-state index in [0.29, 0.717) is 12.1 Å². The average molecular weight is 277 g/mol. The largest absolute Gasteiger partial charge is 0.374 e. The first kappa shape index (κ1) is 14.1. The van der Waals surface area contributed by atoms with E-state index in [1.165, 1.54) is 32.1 Å². The highest BCUT2D eigenvalue weighted by Gasteiger charge is 2.28. The molecule has 0 bridgehead atoms. The maximum atomic E-state index is 6.29. The third kappa shape index (κ3) is 3.23. The van der Waals surface area contributed by atoms with Crippen LogP contribution in [0.1, 0.15) is 63.6 Å². The van der Waals surface area contributed by atoms with Crippen molar-refractivity contribution in [1.82, 2.24) is 9.78 Å². The summed E-state index contributed by atoms with van der Waals surface area (Å²) in [5, 5.41) is 4.75. The van der Waals surface area contributed by atoms with Crippen LogP contribution in [0.25, 0.3) is 0 Å². The van der Waals surface area contributed by atoms with E-state index in [4.69, 9.17) is 15.6 Å². The first-order valence-corrected chi connectivity index (χ1v) is 8.17. The number of ether oxygens (including phenoxy) is 1. The van der Waals surface area contributed by atoms with Crippen LogP contribution in [-0.2, 0) is 11.2 Å². The normalized spacial score (nSPS) is 29.7. The summed E-state index contributed by atoms with van der Waals surface area (Å²) in [6.45, 7) is 2.13. The molecule has 2 aliphatic rings. The van der Waals surface area contributed by atoms with Crippen LogP contribution in [0.5, 0.6) is 0 Å². The van der Waals surface area contributed by atoms with Gasteiger partial charge >= 0.3 is 0 Å². The molecule has 1 aromatic heterocycles. The second-order valence-electron chi connectivity index (χ2n) is 6.51. The van der Waals surface area contributed by atoms with Crippen LogP contribution in [0, 0.1) is 0 Å². The summed E-state index contributed by atoms with van der Waals surface area (Å²) in [7, 11) is 0. The zero-order valence-electron chi connectivity index (χ0n) is 12.5. The molecule has 0 aromatic carbocycles. The maximum Gasteiger partial charge on any atom is 0.0734 e. The SMILES string of the molecule is CC1CCC(C(N)Cc2ccn(C3CCCCC3)n2)O1. The Morgan fingerprint density at radius 1 is 1.30 bits per heavy atom. The lowest BCUT2D eigenvalue weighted by atomic mass is 9.96. The molecule has 0 amide bonds. The Labute approximate surface area is 121 Å². The first-order chi connectivity index (χ1) is 9.72. The number of nitrogens with two attached hydrogens (primary N) is 1. The number of nitrogens with zero attached hydrogens (tertiary/aromatic N) is 2. The topological polar surface area (TPSA) is 53.1 Å². The Hall–Kier alpha value is -0.870. The minimum Gasteiger partial charge on any atom is -0.374 e. The van der Waals surface area contributed by atoms with Crippen LogP contribution >= 0.6 is 0 Å². The van der Waals surface area contributed by atoms with E-state index >= 15 is 0 Å². The Kier molecular flexibility index (Phi) is 4.41. The van der Waals surface area contributed by atoms with Crippen molar-refractivity contribution in [3.8, 4) is 0 Å². The molecule has 4 nitrogen and oxygen atoms in total. The number of hydrogen-bond acceptors (Lipinski definition) is 3. The molecule has 4 heteroatoms. The highest BCUT2D eigenvalue weighted by molar-refractivity contribution is 5.03. The van der Waals surface area contributed by atoms with Crippen molar-refractivity contribution < 1.29 is 4.74 Å². The maximum absolute atomic E-state index is 6.29. The van der Waals surface area contributed by atoms with Crippen LogP contribution in [0.3, 0.4) is 0 Å². The molecule has 1 aromatic rings. The van der Waals surface area contributed by atoms with E-state index in [1.807, 2.05) is 0 Å². The molecule has 1 aliphatic heterocycles. The van der Waals surface area contributed by atoms with Gasteiger partial charge in [0, 0.05) is 18.7 Å². The fourth-order valence-electron chi connectivity index (χ4n) is 3.56. The van der Waals surface area contributed by atoms with Gasteiger partial charge in [-0.2, -0.15) is 5.10 Å². The Morgan fingerprint density at radius 2 is 2.10 bits per heavy atom. The predicted octanol–water partition coefficient (Wildman–Crippen LogP) is 2.83. The lowest BCUT2D eigenvalue weighted by molar-refractivity contribution is 0.0402. The summed E-state index contributed by atoms with van der Waals surface area (Å²) in [4.78, 5) is 0. The van der Waals surface area contributed by atoms with Gasteiger partial charge in [-0.25, -0.2) is 0 Å². The molecule has 2 N–H and O–H groups in total. The minimum atomic E-state index is 0.0784. The van der Waals surface area contributed by atoms with Crippen molar-refractivity contribution in [1.29, 1.82) is 0 Å². The van der Waals surface area contributed by atoms with Crippen LogP contribution in [0.15, 0.2) is 12.3 Å². The molecular formula is C16H27N3O. The van der Waals surface area contributed by atoms with Crippen LogP contribution in [-0.4, -0.2) is 28.0 Å². The molecule has 20 heavy (non-hydrogen) atoms. The van der Waals surface area contributed by atoms with Gasteiger partial charge < -0.3 is 10.5 Å². The van der Waals surface area contributed by atoms with Crippen LogP contribution in [0.4, 0.5) is 0 Å². The summed E-state index contributed by atoms with van der Waals surface area (Å²) in [5.41, 5.74) is 7.40. The number of rotatable bonds is 4. The highest BCUT2D eigenvalue weighted by atomic mass is 16.5. The quantitative estimate of drug-likeness (QED) is 0.920. The van der Waals surface area contributed by atoms with Crippen molar-refractivity contribution in [2.24, 2.45) is 5.73 Å². The summed E-state index contributed by atoms with van der Waals surface area (Å²) in [5.74, 6) is 0. The average Bonchev–Trinajstić information content (AvgIpc) is 3.09. The molecular weight excluding hydrogens is 250 g/mol. The van der Waals surface area contributed by atoms with E-state index in [0.717, 1.165) is 25.0 Å². The molecule has 1 saturated heterocycles.